The molecule has 2 aromatic rings. The second-order valence-electron chi connectivity index (χ2n) is 4.95. The molecular formula is C14H19BrClN3O. The van der Waals surface area contributed by atoms with Crippen LogP contribution < -0.4 is 5.32 Å². The van der Waals surface area contributed by atoms with Gasteiger partial charge in [0.25, 0.3) is 0 Å². The van der Waals surface area contributed by atoms with Crippen LogP contribution in [0.4, 0.5) is 0 Å². The lowest BCUT2D eigenvalue weighted by molar-refractivity contribution is 0.404. The molecule has 1 N–H and O–H groups in total. The lowest BCUT2D eigenvalue weighted by atomic mass is 10.1. The third kappa shape index (κ3) is 3.27. The van der Waals surface area contributed by atoms with Gasteiger partial charge in [0, 0.05) is 6.04 Å². The third-order valence-electron chi connectivity index (χ3n) is 3.03. The zero-order chi connectivity index (χ0) is 14.7. The smallest absolute Gasteiger partial charge is 0.169 e. The van der Waals surface area contributed by atoms with Crippen molar-refractivity contribution in [2.45, 2.75) is 39.3 Å². The van der Waals surface area contributed by atoms with E-state index in [0.717, 1.165) is 24.4 Å². The van der Waals surface area contributed by atoms with Crippen LogP contribution >= 0.6 is 27.5 Å². The van der Waals surface area contributed by atoms with Crippen LogP contribution in [0.2, 0.25) is 5.02 Å². The summed E-state index contributed by atoms with van der Waals surface area (Å²) >= 11 is 9.69. The Morgan fingerprint density at radius 2 is 2.20 bits per heavy atom. The van der Waals surface area contributed by atoms with Gasteiger partial charge < -0.3 is 9.73 Å². The number of hydrogen-bond donors (Lipinski definition) is 1. The summed E-state index contributed by atoms with van der Waals surface area (Å²) in [6, 6.07) is 3.98. The van der Waals surface area contributed by atoms with E-state index >= 15 is 0 Å². The first-order chi connectivity index (χ1) is 9.54. The minimum atomic E-state index is -0.0985. The summed E-state index contributed by atoms with van der Waals surface area (Å²) in [4.78, 5) is 0. The van der Waals surface area contributed by atoms with Gasteiger partial charge in [-0.15, -0.1) is 0 Å². The Morgan fingerprint density at radius 3 is 2.75 bits per heavy atom. The molecule has 4 nitrogen and oxygen atoms in total. The molecule has 20 heavy (non-hydrogen) atoms. The molecular weight excluding hydrogens is 342 g/mol. The number of hydrogen-bond acceptors (Lipinski definition) is 3. The number of rotatable bonds is 6. The predicted octanol–water partition coefficient (Wildman–Crippen LogP) is 4.56. The monoisotopic (exact) mass is 359 g/mol. The molecule has 0 spiro atoms. The molecule has 2 aromatic heterocycles. The Morgan fingerprint density at radius 1 is 1.45 bits per heavy atom. The Hall–Kier alpha value is -0.780. The van der Waals surface area contributed by atoms with Crippen molar-refractivity contribution in [3.63, 3.8) is 0 Å². The molecule has 0 saturated carbocycles. The summed E-state index contributed by atoms with van der Waals surface area (Å²) in [7, 11) is 0. The quantitative estimate of drug-likeness (QED) is 0.821. The molecule has 0 amide bonds. The molecule has 1 atom stereocenters. The van der Waals surface area contributed by atoms with E-state index < -0.39 is 0 Å². The van der Waals surface area contributed by atoms with Crippen LogP contribution in [-0.4, -0.2) is 16.3 Å². The number of aromatic nitrogens is 2. The lowest BCUT2D eigenvalue weighted by Gasteiger charge is -2.20. The molecule has 2 heterocycles. The van der Waals surface area contributed by atoms with Crippen LogP contribution in [0.3, 0.4) is 0 Å². The van der Waals surface area contributed by atoms with Crippen molar-refractivity contribution in [2.75, 3.05) is 6.54 Å². The van der Waals surface area contributed by atoms with Gasteiger partial charge in [-0.3, -0.25) is 4.68 Å². The molecule has 0 aliphatic carbocycles. The molecule has 0 bridgehead atoms. The van der Waals surface area contributed by atoms with Gasteiger partial charge in [0.1, 0.15) is 11.8 Å². The van der Waals surface area contributed by atoms with E-state index in [1.165, 1.54) is 0 Å². The Kier molecular flexibility index (Phi) is 5.29. The highest BCUT2D eigenvalue weighted by molar-refractivity contribution is 9.10. The van der Waals surface area contributed by atoms with Gasteiger partial charge in [-0.05, 0) is 54.9 Å². The number of furan rings is 1. The lowest BCUT2D eigenvalue weighted by Crippen LogP contribution is -2.26. The van der Waals surface area contributed by atoms with Gasteiger partial charge in [0.05, 0.1) is 16.9 Å². The SMILES string of the molecule is CCCNC(c1ccc(Br)o1)c1c(Cl)cnn1C(C)C. The van der Waals surface area contributed by atoms with Gasteiger partial charge in [0.2, 0.25) is 0 Å². The summed E-state index contributed by atoms with van der Waals surface area (Å²) in [5.41, 5.74) is 0.942. The summed E-state index contributed by atoms with van der Waals surface area (Å²) in [6.45, 7) is 7.18. The fraction of sp³-hybridized carbons (Fsp3) is 0.500. The van der Waals surface area contributed by atoms with E-state index in [1.54, 1.807) is 6.20 Å². The molecule has 1 unspecified atom stereocenters. The van der Waals surface area contributed by atoms with Crippen LogP contribution in [0.15, 0.2) is 27.4 Å². The Labute approximate surface area is 132 Å². The second-order valence-corrected chi connectivity index (χ2v) is 6.13. The van der Waals surface area contributed by atoms with E-state index in [9.17, 15) is 0 Å². The molecule has 0 aromatic carbocycles. The van der Waals surface area contributed by atoms with Crippen LogP contribution in [0.5, 0.6) is 0 Å². The first kappa shape index (κ1) is 15.6. The average Bonchev–Trinajstić information content (AvgIpc) is 2.98. The average molecular weight is 361 g/mol. The second kappa shape index (κ2) is 6.78. The maximum atomic E-state index is 6.34. The number of nitrogens with one attached hydrogen (secondary N) is 1. The minimum absolute atomic E-state index is 0.0985. The van der Waals surface area contributed by atoms with Crippen molar-refractivity contribution in [3.8, 4) is 0 Å². The number of halogens is 2. The van der Waals surface area contributed by atoms with Gasteiger partial charge in [-0.25, -0.2) is 0 Å². The fourth-order valence-electron chi connectivity index (χ4n) is 2.14. The summed E-state index contributed by atoms with van der Waals surface area (Å²) in [5.74, 6) is 0.828. The summed E-state index contributed by atoms with van der Waals surface area (Å²) < 4.78 is 8.36. The molecule has 0 aliphatic rings. The highest BCUT2D eigenvalue weighted by Gasteiger charge is 2.25. The first-order valence-corrected chi connectivity index (χ1v) is 7.93. The van der Waals surface area contributed by atoms with Crippen LogP contribution in [0, 0.1) is 0 Å². The van der Waals surface area contributed by atoms with Crippen LogP contribution in [0.25, 0.3) is 0 Å². The first-order valence-electron chi connectivity index (χ1n) is 6.76. The predicted molar refractivity (Wildman–Crippen MR) is 84.2 cm³/mol. The molecule has 0 radical (unpaired) electrons. The van der Waals surface area contributed by atoms with Crippen molar-refractivity contribution in [1.29, 1.82) is 0 Å². The largest absolute Gasteiger partial charge is 0.452 e. The number of nitrogens with zero attached hydrogens (tertiary/aromatic N) is 2. The van der Waals surface area contributed by atoms with Crippen LogP contribution in [-0.2, 0) is 0 Å². The van der Waals surface area contributed by atoms with Gasteiger partial charge in [0.15, 0.2) is 4.67 Å². The van der Waals surface area contributed by atoms with Gasteiger partial charge in [-0.2, -0.15) is 5.10 Å². The topological polar surface area (TPSA) is 43.0 Å². The van der Waals surface area contributed by atoms with E-state index in [4.69, 9.17) is 16.0 Å². The van der Waals surface area contributed by atoms with Gasteiger partial charge >= 0.3 is 0 Å². The zero-order valence-corrected chi connectivity index (χ0v) is 14.2. The minimum Gasteiger partial charge on any atom is -0.452 e. The van der Waals surface area contributed by atoms with Crippen molar-refractivity contribution < 1.29 is 4.42 Å². The maximum absolute atomic E-state index is 6.34. The van der Waals surface area contributed by atoms with Crippen molar-refractivity contribution in [3.05, 3.63) is 39.5 Å². The molecule has 6 heteroatoms. The van der Waals surface area contributed by atoms with E-state index in [-0.39, 0.29) is 12.1 Å². The van der Waals surface area contributed by atoms with E-state index in [0.29, 0.717) is 9.69 Å². The van der Waals surface area contributed by atoms with Crippen molar-refractivity contribution in [2.24, 2.45) is 0 Å². The molecule has 0 fully saturated rings. The normalized spacial score (nSPS) is 13.1. The zero-order valence-electron chi connectivity index (χ0n) is 11.9. The summed E-state index contributed by atoms with van der Waals surface area (Å²) in [6.07, 6.45) is 2.72. The molecule has 0 saturated heterocycles. The molecule has 110 valence electrons. The van der Waals surface area contributed by atoms with E-state index in [1.807, 2.05) is 16.8 Å². The summed E-state index contributed by atoms with van der Waals surface area (Å²) in [5, 5.41) is 8.50. The van der Waals surface area contributed by atoms with Gasteiger partial charge in [-0.1, -0.05) is 18.5 Å². The molecule has 2 rings (SSSR count). The van der Waals surface area contributed by atoms with Crippen molar-refractivity contribution in [1.82, 2.24) is 15.1 Å². The fourth-order valence-corrected chi connectivity index (χ4v) is 2.69. The third-order valence-corrected chi connectivity index (χ3v) is 3.74. The molecule has 0 aliphatic heterocycles. The van der Waals surface area contributed by atoms with Crippen molar-refractivity contribution >= 4 is 27.5 Å². The van der Waals surface area contributed by atoms with Crippen LogP contribution in [0.1, 0.15) is 50.7 Å². The Balaban J connectivity index is 2.43. The standard InChI is InChI=1S/C14H19BrClN3O/c1-4-7-17-13(11-5-6-12(15)20-11)14-10(16)8-18-19(14)9(2)3/h5-6,8-9,13,17H,4,7H2,1-3H3. The Bertz CT molecular complexity index is 565. The highest BCUT2D eigenvalue weighted by Crippen LogP contribution is 2.32. The highest BCUT2D eigenvalue weighted by atomic mass is 79.9. The van der Waals surface area contributed by atoms with E-state index in [2.05, 4.69) is 47.1 Å². The maximum Gasteiger partial charge on any atom is 0.169 e.